The Morgan fingerprint density at radius 2 is 1.74 bits per heavy atom. The van der Waals surface area contributed by atoms with Gasteiger partial charge >= 0.3 is 0 Å². The van der Waals surface area contributed by atoms with E-state index in [-0.39, 0.29) is 31.4 Å². The average Bonchev–Trinajstić information content (AvgIpc) is 3.34. The Morgan fingerprint density at radius 3 is 2.40 bits per heavy atom. The minimum atomic E-state index is -3.99. The van der Waals surface area contributed by atoms with Crippen molar-refractivity contribution in [3.05, 3.63) is 70.9 Å². The van der Waals surface area contributed by atoms with Gasteiger partial charge in [-0.25, -0.2) is 21.8 Å². The Morgan fingerprint density at radius 1 is 1.06 bits per heavy atom. The van der Waals surface area contributed by atoms with Crippen LogP contribution in [-0.2, 0) is 24.7 Å². The molecule has 1 unspecified atom stereocenters. The predicted molar refractivity (Wildman–Crippen MR) is 127 cm³/mol. The summed E-state index contributed by atoms with van der Waals surface area (Å²) in [6.07, 6.45) is 2.08. The number of sulfone groups is 1. The molecule has 3 aromatic rings. The molecule has 0 bridgehead atoms. The van der Waals surface area contributed by atoms with E-state index in [0.29, 0.717) is 19.4 Å². The second-order valence-electron chi connectivity index (χ2n) is 7.74. The topological polar surface area (TPSA) is 157 Å². The van der Waals surface area contributed by atoms with E-state index in [1.165, 1.54) is 16.4 Å². The summed E-state index contributed by atoms with van der Waals surface area (Å²) >= 11 is 0.744. The standard InChI is InChI=1S/C21H20N4O7S3/c26-20(15-5-4-12-24(14-15)35(31,32)18-6-2-1-3-7-18)23-21-22-13-19(33-21)34(29,30)17-10-8-16(9-11-17)25(27)28/h1-3,6-11,13,15H,4-5,12,14H2,(H,22,23,26). The number of nitro groups is 1. The van der Waals surface area contributed by atoms with Gasteiger partial charge in [0.25, 0.3) is 5.69 Å². The van der Waals surface area contributed by atoms with Crippen LogP contribution >= 0.6 is 11.3 Å². The molecule has 184 valence electrons. The first-order valence-corrected chi connectivity index (χ1v) is 14.1. The molecule has 1 aromatic heterocycles. The lowest BCUT2D eigenvalue weighted by molar-refractivity contribution is -0.384. The SMILES string of the molecule is O=C(Nc1ncc(S(=O)(=O)c2ccc([N+](=O)[O-])cc2)s1)C1CCCN(S(=O)(=O)c2ccccc2)C1. The van der Waals surface area contributed by atoms with Gasteiger partial charge in [-0.05, 0) is 37.1 Å². The van der Waals surface area contributed by atoms with Crippen molar-refractivity contribution in [2.24, 2.45) is 5.92 Å². The molecule has 1 N–H and O–H groups in total. The molecule has 11 nitrogen and oxygen atoms in total. The molecule has 1 fully saturated rings. The zero-order valence-electron chi connectivity index (χ0n) is 18.1. The average molecular weight is 537 g/mol. The van der Waals surface area contributed by atoms with Gasteiger partial charge in [-0.1, -0.05) is 29.5 Å². The Balaban J connectivity index is 1.45. The van der Waals surface area contributed by atoms with E-state index in [2.05, 4.69) is 10.3 Å². The van der Waals surface area contributed by atoms with Crippen LogP contribution in [0, 0.1) is 16.0 Å². The minimum absolute atomic E-state index is 0.00237. The number of nitro benzene ring substituents is 1. The van der Waals surface area contributed by atoms with Crippen LogP contribution in [-0.4, -0.2) is 50.0 Å². The third-order valence-electron chi connectivity index (χ3n) is 5.47. The number of amides is 1. The maximum absolute atomic E-state index is 12.9. The largest absolute Gasteiger partial charge is 0.302 e. The number of piperidine rings is 1. The summed E-state index contributed by atoms with van der Waals surface area (Å²) in [5, 5.41) is 13.4. The summed E-state index contributed by atoms with van der Waals surface area (Å²) in [6, 6.07) is 12.4. The third-order valence-corrected chi connectivity index (χ3v) is 10.5. The van der Waals surface area contributed by atoms with Gasteiger partial charge in [0.2, 0.25) is 25.8 Å². The molecular weight excluding hydrogens is 516 g/mol. The molecule has 2 aromatic carbocycles. The van der Waals surface area contributed by atoms with Crippen molar-refractivity contribution in [1.29, 1.82) is 0 Å². The van der Waals surface area contributed by atoms with Crippen molar-refractivity contribution >= 4 is 47.9 Å². The summed E-state index contributed by atoms with van der Waals surface area (Å²) in [6.45, 7) is 0.304. The molecule has 1 saturated heterocycles. The molecular formula is C21H20N4O7S3. The number of thiazole rings is 1. The van der Waals surface area contributed by atoms with Crippen molar-refractivity contribution in [2.45, 2.75) is 26.8 Å². The second kappa shape index (κ2) is 9.81. The maximum atomic E-state index is 12.9. The van der Waals surface area contributed by atoms with Crippen LogP contribution in [0.2, 0.25) is 0 Å². The lowest BCUT2D eigenvalue weighted by Gasteiger charge is -2.31. The van der Waals surface area contributed by atoms with E-state index < -0.39 is 36.6 Å². The minimum Gasteiger partial charge on any atom is -0.302 e. The van der Waals surface area contributed by atoms with Gasteiger partial charge in [-0.2, -0.15) is 4.31 Å². The highest BCUT2D eigenvalue weighted by Gasteiger charge is 2.33. The van der Waals surface area contributed by atoms with Gasteiger partial charge < -0.3 is 5.32 Å². The zero-order chi connectivity index (χ0) is 25.2. The van der Waals surface area contributed by atoms with Crippen molar-refractivity contribution < 1.29 is 26.6 Å². The third kappa shape index (κ3) is 5.24. The Bertz CT molecular complexity index is 1450. The molecule has 1 aliphatic rings. The van der Waals surface area contributed by atoms with Crippen molar-refractivity contribution in [1.82, 2.24) is 9.29 Å². The smallest absolute Gasteiger partial charge is 0.269 e. The van der Waals surface area contributed by atoms with Crippen LogP contribution in [0.25, 0.3) is 0 Å². The molecule has 0 radical (unpaired) electrons. The fourth-order valence-electron chi connectivity index (χ4n) is 3.63. The molecule has 14 heteroatoms. The maximum Gasteiger partial charge on any atom is 0.269 e. The van der Waals surface area contributed by atoms with Gasteiger partial charge in [0.1, 0.15) is 4.21 Å². The van der Waals surface area contributed by atoms with Crippen LogP contribution in [0.1, 0.15) is 12.8 Å². The van der Waals surface area contributed by atoms with Crippen LogP contribution in [0.4, 0.5) is 10.8 Å². The number of non-ortho nitro benzene ring substituents is 1. The van der Waals surface area contributed by atoms with Crippen molar-refractivity contribution in [3.63, 3.8) is 0 Å². The van der Waals surface area contributed by atoms with E-state index >= 15 is 0 Å². The molecule has 0 saturated carbocycles. The van der Waals surface area contributed by atoms with E-state index in [9.17, 15) is 31.7 Å². The highest BCUT2D eigenvalue weighted by molar-refractivity contribution is 7.93. The lowest BCUT2D eigenvalue weighted by atomic mass is 9.99. The molecule has 1 amide bonds. The molecule has 2 heterocycles. The van der Waals surface area contributed by atoms with Crippen molar-refractivity contribution in [2.75, 3.05) is 18.4 Å². The monoisotopic (exact) mass is 536 g/mol. The summed E-state index contributed by atoms with van der Waals surface area (Å²) < 4.78 is 52.6. The van der Waals surface area contributed by atoms with Gasteiger partial charge in [0.05, 0.1) is 26.8 Å². The summed E-state index contributed by atoms with van der Waals surface area (Å²) in [4.78, 5) is 27.0. The van der Waals surface area contributed by atoms with Crippen LogP contribution < -0.4 is 5.32 Å². The first-order chi connectivity index (χ1) is 16.6. The number of nitrogens with one attached hydrogen (secondary N) is 1. The highest BCUT2D eigenvalue weighted by Crippen LogP contribution is 2.30. The molecule has 35 heavy (non-hydrogen) atoms. The molecule has 0 spiro atoms. The number of nitrogens with zero attached hydrogens (tertiary/aromatic N) is 3. The highest BCUT2D eigenvalue weighted by atomic mass is 32.2. The number of aromatic nitrogens is 1. The number of carbonyl (C=O) groups is 1. The first kappa shape index (κ1) is 24.9. The quantitative estimate of drug-likeness (QED) is 0.357. The normalized spacial score (nSPS) is 17.1. The first-order valence-electron chi connectivity index (χ1n) is 10.4. The van der Waals surface area contributed by atoms with E-state index in [4.69, 9.17) is 0 Å². The van der Waals surface area contributed by atoms with Gasteiger partial charge in [0, 0.05) is 25.2 Å². The predicted octanol–water partition coefficient (Wildman–Crippen LogP) is 2.92. The van der Waals surface area contributed by atoms with E-state index in [1.54, 1.807) is 18.2 Å². The number of hydrogen-bond donors (Lipinski definition) is 1. The van der Waals surface area contributed by atoms with Gasteiger partial charge in [-0.3, -0.25) is 14.9 Å². The summed E-state index contributed by atoms with van der Waals surface area (Å²) in [5.74, 6) is -1.08. The molecule has 4 rings (SSSR count). The Kier molecular flexibility index (Phi) is 6.98. The van der Waals surface area contributed by atoms with Crippen LogP contribution in [0.5, 0.6) is 0 Å². The summed E-state index contributed by atoms with van der Waals surface area (Å²) in [5.41, 5.74) is -0.239. The fourth-order valence-corrected chi connectivity index (χ4v) is 7.61. The Labute approximate surface area is 205 Å². The van der Waals surface area contributed by atoms with Gasteiger partial charge in [-0.15, -0.1) is 0 Å². The number of rotatable bonds is 7. The molecule has 1 atom stereocenters. The van der Waals surface area contributed by atoms with Crippen LogP contribution in [0.15, 0.2) is 74.8 Å². The van der Waals surface area contributed by atoms with E-state index in [0.717, 1.165) is 41.8 Å². The number of carbonyl (C=O) groups excluding carboxylic acids is 1. The van der Waals surface area contributed by atoms with Crippen LogP contribution in [0.3, 0.4) is 0 Å². The van der Waals surface area contributed by atoms with E-state index in [1.807, 2.05) is 0 Å². The number of sulfonamides is 1. The fraction of sp³-hybridized carbons (Fsp3) is 0.238. The number of anilines is 1. The lowest BCUT2D eigenvalue weighted by Crippen LogP contribution is -2.43. The van der Waals surface area contributed by atoms with Crippen molar-refractivity contribution in [3.8, 4) is 0 Å². The Hall–Kier alpha value is -3.20. The second-order valence-corrected chi connectivity index (χ2v) is 12.9. The number of benzene rings is 2. The van der Waals surface area contributed by atoms with Gasteiger partial charge in [0.15, 0.2) is 5.13 Å². The summed E-state index contributed by atoms with van der Waals surface area (Å²) in [7, 11) is -7.72. The number of hydrogen-bond acceptors (Lipinski definition) is 9. The molecule has 0 aliphatic carbocycles. The zero-order valence-corrected chi connectivity index (χ0v) is 20.6. The molecule has 1 aliphatic heterocycles.